The molecule has 2 saturated heterocycles. The van der Waals surface area contributed by atoms with Crippen molar-refractivity contribution in [2.45, 2.75) is 51.0 Å². The first kappa shape index (κ1) is 26.9. The van der Waals surface area contributed by atoms with Gasteiger partial charge in [-0.1, -0.05) is 6.58 Å². The van der Waals surface area contributed by atoms with Crippen LogP contribution >= 0.6 is 0 Å². The predicted octanol–water partition coefficient (Wildman–Crippen LogP) is 3.51. The molecule has 2 unspecified atom stereocenters. The summed E-state index contributed by atoms with van der Waals surface area (Å²) in [6.45, 7) is 10.0. The normalized spacial score (nSPS) is 20.3. The van der Waals surface area contributed by atoms with E-state index in [0.717, 1.165) is 37.7 Å². The maximum absolute atomic E-state index is 14.8. The molecule has 0 spiro atoms. The second-order valence-electron chi connectivity index (χ2n) is 10.9. The number of alkyl halides is 1. The average Bonchev–Trinajstić information content (AvgIpc) is 3.53. The van der Waals surface area contributed by atoms with Gasteiger partial charge in [-0.3, -0.25) is 4.79 Å². The van der Waals surface area contributed by atoms with Crippen LogP contribution in [0.5, 0.6) is 0 Å². The number of hydrogen-bond acceptors (Lipinski definition) is 8. The van der Waals surface area contributed by atoms with Crippen LogP contribution in [0.1, 0.15) is 32.7 Å². The quantitative estimate of drug-likeness (QED) is 0.424. The number of rotatable bonds is 8. The average molecular weight is 536 g/mol. The van der Waals surface area contributed by atoms with Crippen LogP contribution < -0.4 is 20.4 Å². The van der Waals surface area contributed by atoms with Gasteiger partial charge in [-0.05, 0) is 71.1 Å². The summed E-state index contributed by atoms with van der Waals surface area (Å²) in [5, 5.41) is 6.09. The van der Waals surface area contributed by atoms with Gasteiger partial charge < -0.3 is 29.9 Å². The number of nitrogens with one attached hydrogen (secondary N) is 2. The lowest BCUT2D eigenvalue weighted by molar-refractivity contribution is -0.117. The zero-order chi connectivity index (χ0) is 27.7. The number of carbonyl (C=O) groups is 1. The Labute approximate surface area is 228 Å². The number of amides is 1. The lowest BCUT2D eigenvalue weighted by atomic mass is 10.0. The molecule has 3 aromatic rings. The molecule has 208 valence electrons. The SMILES string of the molecule is C=CC(=O)NC1CN(c2nc(Nc3ccc(N4CCC(N(C)C)CC4)cc3)c3ncn(C(C)C)c3n2)CC1F. The Kier molecular flexibility index (Phi) is 7.69. The summed E-state index contributed by atoms with van der Waals surface area (Å²) >= 11 is 0. The molecule has 5 rings (SSSR count). The number of anilines is 4. The predicted molar refractivity (Wildman–Crippen MR) is 154 cm³/mol. The van der Waals surface area contributed by atoms with Crippen LogP contribution in [0.15, 0.2) is 43.2 Å². The van der Waals surface area contributed by atoms with E-state index in [0.29, 0.717) is 29.0 Å². The third-order valence-electron chi connectivity index (χ3n) is 7.70. The van der Waals surface area contributed by atoms with Gasteiger partial charge in [-0.25, -0.2) is 9.37 Å². The van der Waals surface area contributed by atoms with E-state index in [-0.39, 0.29) is 19.1 Å². The molecule has 2 aromatic heterocycles. The molecule has 10 nitrogen and oxygen atoms in total. The van der Waals surface area contributed by atoms with Crippen molar-refractivity contribution in [3.05, 3.63) is 43.2 Å². The molecule has 2 atom stereocenters. The fourth-order valence-electron chi connectivity index (χ4n) is 5.35. The van der Waals surface area contributed by atoms with E-state index >= 15 is 0 Å². The number of nitrogens with zero attached hydrogens (tertiary/aromatic N) is 7. The highest BCUT2D eigenvalue weighted by atomic mass is 19.1. The van der Waals surface area contributed by atoms with E-state index < -0.39 is 18.1 Å². The van der Waals surface area contributed by atoms with Gasteiger partial charge >= 0.3 is 0 Å². The van der Waals surface area contributed by atoms with Crippen LogP contribution in [0.4, 0.5) is 27.5 Å². The van der Waals surface area contributed by atoms with Crippen LogP contribution in [-0.4, -0.2) is 88.9 Å². The first-order chi connectivity index (χ1) is 18.7. The van der Waals surface area contributed by atoms with Gasteiger partial charge in [0, 0.05) is 43.1 Å². The van der Waals surface area contributed by atoms with Gasteiger partial charge in [0.05, 0.1) is 18.9 Å². The van der Waals surface area contributed by atoms with Crippen LogP contribution in [0.25, 0.3) is 11.2 Å². The topological polar surface area (TPSA) is 94.5 Å². The highest BCUT2D eigenvalue weighted by Gasteiger charge is 2.35. The Hall–Kier alpha value is -3.73. The fraction of sp³-hybridized carbons (Fsp3) is 0.500. The fourth-order valence-corrected chi connectivity index (χ4v) is 5.35. The molecule has 2 aliphatic rings. The van der Waals surface area contributed by atoms with Crippen LogP contribution in [0.2, 0.25) is 0 Å². The molecule has 11 heteroatoms. The Morgan fingerprint density at radius 1 is 1.13 bits per heavy atom. The van der Waals surface area contributed by atoms with Crippen LogP contribution in [0.3, 0.4) is 0 Å². The minimum absolute atomic E-state index is 0.0854. The monoisotopic (exact) mass is 535 g/mol. The van der Waals surface area contributed by atoms with Crippen LogP contribution in [0, 0.1) is 0 Å². The Morgan fingerprint density at radius 2 is 1.85 bits per heavy atom. The molecule has 1 amide bonds. The summed E-state index contributed by atoms with van der Waals surface area (Å²) in [7, 11) is 4.30. The maximum atomic E-state index is 14.8. The summed E-state index contributed by atoms with van der Waals surface area (Å²) < 4.78 is 16.8. The minimum Gasteiger partial charge on any atom is -0.371 e. The van der Waals surface area contributed by atoms with Crippen LogP contribution in [-0.2, 0) is 4.79 Å². The standard InChI is InChI=1S/C28H38FN9O/c1-6-24(39)32-23-16-37(15-22(23)29)28-33-26(25-27(34-28)38(17-30-25)18(2)3)31-19-7-9-21(10-8-19)36-13-11-20(12-14-36)35(4)5/h6-10,17-18,20,22-23H,1,11-16H2,2-5H3,(H,32,39)(H,31,33,34). The number of hydrogen-bond donors (Lipinski definition) is 2. The van der Waals surface area contributed by atoms with Gasteiger partial charge in [0.1, 0.15) is 6.17 Å². The van der Waals surface area contributed by atoms with Gasteiger partial charge in [-0.2, -0.15) is 9.97 Å². The smallest absolute Gasteiger partial charge is 0.243 e. The van der Waals surface area contributed by atoms with Crippen molar-refractivity contribution in [2.75, 3.05) is 55.4 Å². The Morgan fingerprint density at radius 3 is 2.49 bits per heavy atom. The van der Waals surface area contributed by atoms with E-state index in [1.54, 1.807) is 11.2 Å². The van der Waals surface area contributed by atoms with Gasteiger partial charge in [0.15, 0.2) is 17.0 Å². The molecular weight excluding hydrogens is 497 g/mol. The number of fused-ring (bicyclic) bond motifs is 1. The molecule has 0 saturated carbocycles. The number of imidazole rings is 1. The molecule has 39 heavy (non-hydrogen) atoms. The summed E-state index contributed by atoms with van der Waals surface area (Å²) in [4.78, 5) is 32.4. The number of aromatic nitrogens is 4. The van der Waals surface area contributed by atoms with Gasteiger partial charge in [0.2, 0.25) is 11.9 Å². The number of piperidine rings is 1. The third-order valence-corrected chi connectivity index (χ3v) is 7.70. The van der Waals surface area contributed by atoms with Crippen molar-refractivity contribution >= 4 is 40.2 Å². The summed E-state index contributed by atoms with van der Waals surface area (Å²) in [5.74, 6) is 0.556. The Balaban J connectivity index is 1.38. The Bertz CT molecular complexity index is 1310. The molecule has 0 bridgehead atoms. The van der Waals surface area contributed by atoms with Crippen molar-refractivity contribution in [3.8, 4) is 0 Å². The van der Waals surface area contributed by atoms with Gasteiger partial charge in [-0.15, -0.1) is 0 Å². The molecule has 1 aromatic carbocycles. The third kappa shape index (κ3) is 5.68. The summed E-state index contributed by atoms with van der Waals surface area (Å²) in [6, 6.07) is 8.48. The number of carbonyl (C=O) groups excluding carboxylic acids is 1. The number of halogens is 1. The van der Waals surface area contributed by atoms with Crippen molar-refractivity contribution in [1.82, 2.24) is 29.7 Å². The summed E-state index contributed by atoms with van der Waals surface area (Å²) in [5.41, 5.74) is 3.41. The zero-order valence-electron chi connectivity index (χ0n) is 23.1. The van der Waals surface area contributed by atoms with E-state index in [2.05, 4.69) is 84.2 Å². The molecule has 0 aliphatic carbocycles. The second kappa shape index (κ2) is 11.2. The van der Waals surface area contributed by atoms with E-state index in [4.69, 9.17) is 9.97 Å². The second-order valence-corrected chi connectivity index (χ2v) is 10.9. The molecule has 2 fully saturated rings. The first-order valence-electron chi connectivity index (χ1n) is 13.6. The maximum Gasteiger partial charge on any atom is 0.243 e. The van der Waals surface area contributed by atoms with Crippen molar-refractivity contribution in [1.29, 1.82) is 0 Å². The first-order valence-corrected chi connectivity index (χ1v) is 13.6. The number of benzene rings is 1. The van der Waals surface area contributed by atoms with Gasteiger partial charge in [0.25, 0.3) is 0 Å². The molecule has 4 heterocycles. The summed E-state index contributed by atoms with van der Waals surface area (Å²) in [6.07, 6.45) is 3.98. The lowest BCUT2D eigenvalue weighted by Crippen LogP contribution is -2.41. The highest BCUT2D eigenvalue weighted by Crippen LogP contribution is 2.30. The van der Waals surface area contributed by atoms with Crippen molar-refractivity contribution in [3.63, 3.8) is 0 Å². The molecular formula is C28H38FN9O. The minimum atomic E-state index is -1.24. The largest absolute Gasteiger partial charge is 0.371 e. The molecule has 2 N–H and O–H groups in total. The van der Waals surface area contributed by atoms with E-state index in [1.165, 1.54) is 5.69 Å². The van der Waals surface area contributed by atoms with Crippen molar-refractivity contribution < 1.29 is 9.18 Å². The van der Waals surface area contributed by atoms with E-state index in [9.17, 15) is 9.18 Å². The highest BCUT2D eigenvalue weighted by molar-refractivity contribution is 5.88. The van der Waals surface area contributed by atoms with Crippen molar-refractivity contribution in [2.24, 2.45) is 0 Å². The lowest BCUT2D eigenvalue weighted by Gasteiger charge is -2.36. The van der Waals surface area contributed by atoms with E-state index in [1.807, 2.05) is 4.57 Å². The zero-order valence-corrected chi connectivity index (χ0v) is 23.1. The molecule has 0 radical (unpaired) electrons. The molecule has 2 aliphatic heterocycles.